The van der Waals surface area contributed by atoms with E-state index in [2.05, 4.69) is 0 Å². The Morgan fingerprint density at radius 2 is 1.95 bits per heavy atom. The van der Waals surface area contributed by atoms with Crippen LogP contribution in [-0.4, -0.2) is 16.8 Å². The molecule has 1 unspecified atom stereocenters. The number of hydrogen-bond acceptors (Lipinski definition) is 4. The Labute approximate surface area is 117 Å². The molecule has 20 heavy (non-hydrogen) atoms. The van der Waals surface area contributed by atoms with Crippen molar-refractivity contribution in [2.45, 2.75) is 44.6 Å². The van der Waals surface area contributed by atoms with Crippen molar-refractivity contribution in [1.29, 1.82) is 0 Å². The monoisotopic (exact) mass is 275 g/mol. The molecule has 1 aliphatic heterocycles. The third kappa shape index (κ3) is 2.40. The average molecular weight is 275 g/mol. The third-order valence-corrected chi connectivity index (χ3v) is 4.31. The number of non-ortho nitro benzene ring substituents is 1. The SMILES string of the molecule is O=C1CC(C2CCCCC2)Oc2ccc([N+](=O)[O-])cc21. The van der Waals surface area contributed by atoms with Gasteiger partial charge < -0.3 is 4.74 Å². The number of carbonyl (C=O) groups excluding carboxylic acids is 1. The summed E-state index contributed by atoms with van der Waals surface area (Å²) < 4.78 is 5.93. The van der Waals surface area contributed by atoms with Gasteiger partial charge in [0, 0.05) is 18.6 Å². The zero-order chi connectivity index (χ0) is 14.1. The summed E-state index contributed by atoms with van der Waals surface area (Å²) in [4.78, 5) is 22.5. The van der Waals surface area contributed by atoms with Gasteiger partial charge in [-0.3, -0.25) is 14.9 Å². The summed E-state index contributed by atoms with van der Waals surface area (Å²) in [5, 5.41) is 10.8. The van der Waals surface area contributed by atoms with E-state index in [4.69, 9.17) is 4.74 Å². The predicted molar refractivity (Wildman–Crippen MR) is 73.0 cm³/mol. The summed E-state index contributed by atoms with van der Waals surface area (Å²) in [7, 11) is 0. The van der Waals surface area contributed by atoms with Crippen LogP contribution in [0.25, 0.3) is 0 Å². The number of nitro groups is 1. The van der Waals surface area contributed by atoms with Crippen LogP contribution in [0.1, 0.15) is 48.9 Å². The molecular formula is C15H17NO4. The molecule has 0 radical (unpaired) electrons. The van der Waals surface area contributed by atoms with Crippen molar-refractivity contribution in [3.05, 3.63) is 33.9 Å². The van der Waals surface area contributed by atoms with Gasteiger partial charge in [-0.2, -0.15) is 0 Å². The van der Waals surface area contributed by atoms with Crippen LogP contribution < -0.4 is 4.74 Å². The molecule has 0 spiro atoms. The van der Waals surface area contributed by atoms with Gasteiger partial charge in [-0.15, -0.1) is 0 Å². The summed E-state index contributed by atoms with van der Waals surface area (Å²) in [5.41, 5.74) is 0.295. The lowest BCUT2D eigenvalue weighted by molar-refractivity contribution is -0.384. The Bertz CT molecular complexity index is 549. The zero-order valence-corrected chi connectivity index (χ0v) is 11.2. The van der Waals surface area contributed by atoms with Gasteiger partial charge in [0.15, 0.2) is 5.78 Å². The van der Waals surface area contributed by atoms with Gasteiger partial charge in [-0.05, 0) is 24.8 Å². The second-order valence-corrected chi connectivity index (χ2v) is 5.62. The third-order valence-electron chi connectivity index (χ3n) is 4.31. The molecule has 5 nitrogen and oxygen atoms in total. The lowest BCUT2D eigenvalue weighted by Gasteiger charge is -2.33. The number of fused-ring (bicyclic) bond motifs is 1. The molecule has 1 aliphatic carbocycles. The maximum absolute atomic E-state index is 12.2. The standard InChI is InChI=1S/C15H17NO4/c17-13-9-15(10-4-2-1-3-5-10)20-14-7-6-11(16(18)19)8-12(13)14/h6-8,10,15H,1-5,9H2. The summed E-state index contributed by atoms with van der Waals surface area (Å²) in [6.07, 6.45) is 6.17. The summed E-state index contributed by atoms with van der Waals surface area (Å²) >= 11 is 0. The first kappa shape index (κ1) is 13.1. The largest absolute Gasteiger partial charge is 0.489 e. The van der Waals surface area contributed by atoms with Gasteiger partial charge in [0.1, 0.15) is 11.9 Å². The van der Waals surface area contributed by atoms with Crippen molar-refractivity contribution in [2.24, 2.45) is 5.92 Å². The van der Waals surface area contributed by atoms with E-state index in [1.807, 2.05) is 0 Å². The quantitative estimate of drug-likeness (QED) is 0.611. The van der Waals surface area contributed by atoms with E-state index in [-0.39, 0.29) is 17.6 Å². The molecule has 1 fully saturated rings. The average Bonchev–Trinajstić information content (AvgIpc) is 2.47. The maximum atomic E-state index is 12.2. The highest BCUT2D eigenvalue weighted by Gasteiger charge is 2.33. The summed E-state index contributed by atoms with van der Waals surface area (Å²) in [6.45, 7) is 0. The number of hydrogen-bond donors (Lipinski definition) is 0. The van der Waals surface area contributed by atoms with Crippen molar-refractivity contribution in [2.75, 3.05) is 0 Å². The first-order valence-corrected chi connectivity index (χ1v) is 7.13. The van der Waals surface area contributed by atoms with Crippen molar-refractivity contribution < 1.29 is 14.5 Å². The normalized spacial score (nSPS) is 23.0. The number of carbonyl (C=O) groups is 1. The lowest BCUT2D eigenvalue weighted by Crippen LogP contribution is -2.34. The van der Waals surface area contributed by atoms with Crippen LogP contribution in [0, 0.1) is 16.0 Å². The Morgan fingerprint density at radius 3 is 2.65 bits per heavy atom. The molecule has 1 aromatic rings. The van der Waals surface area contributed by atoms with Gasteiger partial charge in [0.25, 0.3) is 5.69 Å². The minimum absolute atomic E-state index is 0.0366. The van der Waals surface area contributed by atoms with Gasteiger partial charge in [0.2, 0.25) is 0 Å². The lowest BCUT2D eigenvalue weighted by atomic mass is 9.82. The molecule has 1 aromatic carbocycles. The predicted octanol–water partition coefficient (Wildman–Crippen LogP) is 3.51. The van der Waals surface area contributed by atoms with Crippen molar-refractivity contribution in [3.8, 4) is 5.75 Å². The van der Waals surface area contributed by atoms with Crippen LogP contribution in [0.4, 0.5) is 5.69 Å². The number of nitrogens with zero attached hydrogens (tertiary/aromatic N) is 1. The minimum Gasteiger partial charge on any atom is -0.489 e. The van der Waals surface area contributed by atoms with Crippen LogP contribution in [0.15, 0.2) is 18.2 Å². The molecule has 1 heterocycles. The Hall–Kier alpha value is -1.91. The molecule has 2 aliphatic rings. The highest BCUT2D eigenvalue weighted by atomic mass is 16.6. The minimum atomic E-state index is -0.485. The molecule has 0 aromatic heterocycles. The molecule has 1 atom stereocenters. The van der Waals surface area contributed by atoms with E-state index in [9.17, 15) is 14.9 Å². The Balaban J connectivity index is 1.84. The molecule has 106 valence electrons. The van der Waals surface area contributed by atoms with Crippen LogP contribution in [-0.2, 0) is 0 Å². The van der Waals surface area contributed by atoms with Gasteiger partial charge >= 0.3 is 0 Å². The topological polar surface area (TPSA) is 69.4 Å². The first-order chi connectivity index (χ1) is 9.65. The number of nitro benzene ring substituents is 1. The van der Waals surface area contributed by atoms with Crippen molar-refractivity contribution >= 4 is 11.5 Å². The first-order valence-electron chi connectivity index (χ1n) is 7.13. The Kier molecular flexibility index (Phi) is 3.42. The second kappa shape index (κ2) is 5.23. The van der Waals surface area contributed by atoms with Crippen LogP contribution >= 0.6 is 0 Å². The van der Waals surface area contributed by atoms with Crippen molar-refractivity contribution in [1.82, 2.24) is 0 Å². The number of ether oxygens (including phenoxy) is 1. The van der Waals surface area contributed by atoms with E-state index >= 15 is 0 Å². The zero-order valence-electron chi connectivity index (χ0n) is 11.2. The molecule has 0 bridgehead atoms. The fraction of sp³-hybridized carbons (Fsp3) is 0.533. The Morgan fingerprint density at radius 1 is 1.20 bits per heavy atom. The molecule has 5 heteroatoms. The van der Waals surface area contributed by atoms with Gasteiger partial charge in [0.05, 0.1) is 10.5 Å². The highest BCUT2D eigenvalue weighted by Crippen LogP contribution is 2.37. The molecule has 1 saturated carbocycles. The van der Waals surface area contributed by atoms with E-state index < -0.39 is 4.92 Å². The van der Waals surface area contributed by atoms with E-state index in [1.54, 1.807) is 6.07 Å². The van der Waals surface area contributed by atoms with Crippen LogP contribution in [0.2, 0.25) is 0 Å². The van der Waals surface area contributed by atoms with Crippen LogP contribution in [0.3, 0.4) is 0 Å². The molecule has 0 saturated heterocycles. The van der Waals surface area contributed by atoms with Gasteiger partial charge in [-0.1, -0.05) is 19.3 Å². The number of benzene rings is 1. The number of ketones is 1. The number of Topliss-reactive ketones (excluding diaryl/α,β-unsaturated/α-hetero) is 1. The molecule has 3 rings (SSSR count). The van der Waals surface area contributed by atoms with Gasteiger partial charge in [-0.25, -0.2) is 0 Å². The van der Waals surface area contributed by atoms with E-state index in [0.717, 1.165) is 12.8 Å². The number of rotatable bonds is 2. The molecule has 0 N–H and O–H groups in total. The van der Waals surface area contributed by atoms with Crippen LogP contribution in [0.5, 0.6) is 5.75 Å². The van der Waals surface area contributed by atoms with E-state index in [1.165, 1.54) is 31.4 Å². The highest BCUT2D eigenvalue weighted by molar-refractivity contribution is 6.00. The fourth-order valence-electron chi connectivity index (χ4n) is 3.22. The second-order valence-electron chi connectivity index (χ2n) is 5.62. The summed E-state index contributed by atoms with van der Waals surface area (Å²) in [5.74, 6) is 0.906. The molecular weight excluding hydrogens is 258 g/mol. The summed E-state index contributed by atoms with van der Waals surface area (Å²) in [6, 6.07) is 4.28. The fourth-order valence-corrected chi connectivity index (χ4v) is 3.22. The molecule has 0 amide bonds. The smallest absolute Gasteiger partial charge is 0.270 e. The van der Waals surface area contributed by atoms with Crippen molar-refractivity contribution in [3.63, 3.8) is 0 Å². The van der Waals surface area contributed by atoms with E-state index in [0.29, 0.717) is 23.7 Å². The maximum Gasteiger partial charge on any atom is 0.270 e.